The summed E-state index contributed by atoms with van der Waals surface area (Å²) in [5, 5.41) is 0.688. The van der Waals surface area contributed by atoms with Gasteiger partial charge in [-0.15, -0.1) is 0 Å². The molecule has 0 radical (unpaired) electrons. The SMILES string of the molecule is Cc1ccc(-n2c(=S)sc3c(=O)n(C)c(SCc4cccc(C)c4)nc32)cc1. The molecule has 0 amide bonds. The van der Waals surface area contributed by atoms with Crippen molar-refractivity contribution in [2.75, 3.05) is 0 Å². The average molecular weight is 426 g/mol. The molecule has 142 valence electrons. The first-order valence-corrected chi connectivity index (χ1v) is 11.0. The number of rotatable bonds is 4. The van der Waals surface area contributed by atoms with Crippen LogP contribution in [0.3, 0.4) is 0 Å². The zero-order valence-corrected chi connectivity index (χ0v) is 18.3. The monoisotopic (exact) mass is 425 g/mol. The summed E-state index contributed by atoms with van der Waals surface area (Å²) in [6.45, 7) is 4.12. The minimum atomic E-state index is -0.0568. The molecule has 0 unspecified atom stereocenters. The maximum atomic E-state index is 12.9. The number of aromatic nitrogens is 3. The van der Waals surface area contributed by atoms with Gasteiger partial charge in [0.15, 0.2) is 14.8 Å². The lowest BCUT2D eigenvalue weighted by Crippen LogP contribution is -2.19. The number of fused-ring (bicyclic) bond motifs is 1. The van der Waals surface area contributed by atoms with Crippen LogP contribution < -0.4 is 5.56 Å². The Bertz CT molecular complexity index is 1280. The molecule has 0 aliphatic heterocycles. The van der Waals surface area contributed by atoms with E-state index in [1.54, 1.807) is 23.4 Å². The molecule has 0 fully saturated rings. The average Bonchev–Trinajstić information content (AvgIpc) is 3.00. The molecule has 0 N–H and O–H groups in total. The third kappa shape index (κ3) is 3.57. The van der Waals surface area contributed by atoms with Crippen LogP contribution in [0.25, 0.3) is 16.0 Å². The highest BCUT2D eigenvalue weighted by Crippen LogP contribution is 2.27. The zero-order chi connectivity index (χ0) is 19.8. The number of hydrogen-bond acceptors (Lipinski definition) is 5. The van der Waals surface area contributed by atoms with Gasteiger partial charge in [0.1, 0.15) is 4.70 Å². The fraction of sp³-hybridized carbons (Fsp3) is 0.190. The number of aryl methyl sites for hydroxylation is 2. The summed E-state index contributed by atoms with van der Waals surface area (Å²) in [5.74, 6) is 0.753. The van der Waals surface area contributed by atoms with Gasteiger partial charge >= 0.3 is 0 Å². The van der Waals surface area contributed by atoms with Crippen LogP contribution in [0, 0.1) is 17.8 Å². The van der Waals surface area contributed by atoms with Gasteiger partial charge in [-0.1, -0.05) is 70.6 Å². The van der Waals surface area contributed by atoms with Gasteiger partial charge in [-0.05, 0) is 43.8 Å². The Balaban J connectivity index is 1.81. The van der Waals surface area contributed by atoms with Crippen LogP contribution in [0.2, 0.25) is 0 Å². The third-order valence-corrected chi connectivity index (χ3v) is 6.97. The zero-order valence-electron chi connectivity index (χ0n) is 15.8. The van der Waals surface area contributed by atoms with Gasteiger partial charge in [-0.2, -0.15) is 0 Å². The molecule has 2 aromatic heterocycles. The molecule has 0 aliphatic carbocycles. The van der Waals surface area contributed by atoms with Gasteiger partial charge in [0, 0.05) is 18.5 Å². The Labute approximate surface area is 176 Å². The van der Waals surface area contributed by atoms with Crippen LogP contribution in [0.15, 0.2) is 58.5 Å². The van der Waals surface area contributed by atoms with Gasteiger partial charge in [0.25, 0.3) is 5.56 Å². The van der Waals surface area contributed by atoms with Crippen molar-refractivity contribution in [3.63, 3.8) is 0 Å². The fourth-order valence-electron chi connectivity index (χ4n) is 3.01. The lowest BCUT2D eigenvalue weighted by molar-refractivity contribution is 0.722. The molecule has 7 heteroatoms. The number of hydrogen-bond donors (Lipinski definition) is 0. The second-order valence-electron chi connectivity index (χ2n) is 6.73. The Kier molecular flexibility index (Phi) is 5.23. The summed E-state index contributed by atoms with van der Waals surface area (Å²) in [5.41, 5.74) is 5.11. The molecular formula is C21H19N3OS3. The summed E-state index contributed by atoms with van der Waals surface area (Å²) in [6.07, 6.45) is 0. The maximum Gasteiger partial charge on any atom is 0.273 e. The molecule has 4 rings (SSSR count). The normalized spacial score (nSPS) is 11.2. The topological polar surface area (TPSA) is 39.8 Å². The molecule has 0 aliphatic rings. The van der Waals surface area contributed by atoms with Crippen molar-refractivity contribution < 1.29 is 0 Å². The minimum absolute atomic E-state index is 0.0568. The van der Waals surface area contributed by atoms with Crippen LogP contribution in [-0.2, 0) is 12.8 Å². The molecule has 0 atom stereocenters. The van der Waals surface area contributed by atoms with E-state index >= 15 is 0 Å². The number of nitrogens with zero attached hydrogens (tertiary/aromatic N) is 3. The maximum absolute atomic E-state index is 12.9. The lowest BCUT2D eigenvalue weighted by atomic mass is 10.2. The Morgan fingerprint density at radius 3 is 2.57 bits per heavy atom. The number of benzene rings is 2. The van der Waals surface area contributed by atoms with Crippen molar-refractivity contribution in [1.29, 1.82) is 0 Å². The van der Waals surface area contributed by atoms with Crippen molar-refractivity contribution in [3.8, 4) is 5.69 Å². The van der Waals surface area contributed by atoms with Crippen LogP contribution in [0.4, 0.5) is 0 Å². The molecule has 4 aromatic rings. The van der Waals surface area contributed by atoms with Crippen LogP contribution in [0.1, 0.15) is 16.7 Å². The smallest absolute Gasteiger partial charge is 0.273 e. The van der Waals surface area contributed by atoms with Crippen molar-refractivity contribution in [1.82, 2.24) is 14.1 Å². The minimum Gasteiger partial charge on any atom is -0.289 e. The summed E-state index contributed by atoms with van der Waals surface area (Å²) in [7, 11) is 1.77. The van der Waals surface area contributed by atoms with Crippen molar-refractivity contribution in [2.24, 2.45) is 7.05 Å². The summed E-state index contributed by atoms with van der Waals surface area (Å²) >= 11 is 8.43. The molecule has 0 saturated carbocycles. The molecule has 0 spiro atoms. The van der Waals surface area contributed by atoms with E-state index in [9.17, 15) is 4.79 Å². The first-order chi connectivity index (χ1) is 13.4. The lowest BCUT2D eigenvalue weighted by Gasteiger charge is -2.09. The van der Waals surface area contributed by atoms with E-state index in [0.717, 1.165) is 11.4 Å². The highest BCUT2D eigenvalue weighted by Gasteiger charge is 2.16. The molecule has 4 nitrogen and oxygen atoms in total. The van der Waals surface area contributed by atoms with Gasteiger partial charge in [-0.25, -0.2) is 4.98 Å². The Hall–Kier alpha value is -2.22. The van der Waals surface area contributed by atoms with Gasteiger partial charge in [-0.3, -0.25) is 13.9 Å². The number of thiazole rings is 1. The summed E-state index contributed by atoms with van der Waals surface area (Å²) < 4.78 is 4.73. The molecule has 2 heterocycles. The number of thioether (sulfide) groups is 1. The predicted molar refractivity (Wildman–Crippen MR) is 120 cm³/mol. The first-order valence-electron chi connectivity index (χ1n) is 8.82. The van der Waals surface area contributed by atoms with E-state index in [4.69, 9.17) is 17.2 Å². The second-order valence-corrected chi connectivity index (χ2v) is 9.31. The summed E-state index contributed by atoms with van der Waals surface area (Å²) in [6, 6.07) is 16.5. The fourth-order valence-corrected chi connectivity index (χ4v) is 5.27. The van der Waals surface area contributed by atoms with E-state index in [0.29, 0.717) is 19.5 Å². The van der Waals surface area contributed by atoms with E-state index in [2.05, 4.69) is 31.2 Å². The Morgan fingerprint density at radius 1 is 1.11 bits per heavy atom. The standard InChI is InChI=1S/C21H19N3OS3/c1-13-7-9-16(10-8-13)24-18-17(28-21(24)26)19(25)23(3)20(22-18)27-12-15-6-4-5-14(2)11-15/h4-11H,12H2,1-3H3. The van der Waals surface area contributed by atoms with Crippen LogP contribution >= 0.6 is 35.3 Å². The molecular weight excluding hydrogens is 406 g/mol. The van der Waals surface area contributed by atoms with Crippen molar-refractivity contribution in [2.45, 2.75) is 24.8 Å². The Morgan fingerprint density at radius 2 is 1.86 bits per heavy atom. The summed E-state index contributed by atoms with van der Waals surface area (Å²) in [4.78, 5) is 17.8. The second kappa shape index (κ2) is 7.66. The third-order valence-electron chi connectivity index (χ3n) is 4.52. The van der Waals surface area contributed by atoms with Crippen LogP contribution in [-0.4, -0.2) is 14.1 Å². The van der Waals surface area contributed by atoms with Crippen molar-refractivity contribution >= 4 is 45.7 Å². The molecule has 0 saturated heterocycles. The van der Waals surface area contributed by atoms with E-state index < -0.39 is 0 Å². The molecule has 28 heavy (non-hydrogen) atoms. The van der Waals surface area contributed by atoms with Gasteiger partial charge in [0.2, 0.25) is 0 Å². The highest BCUT2D eigenvalue weighted by atomic mass is 32.2. The van der Waals surface area contributed by atoms with Crippen LogP contribution in [0.5, 0.6) is 0 Å². The van der Waals surface area contributed by atoms with E-state index in [1.165, 1.54) is 28.0 Å². The van der Waals surface area contributed by atoms with E-state index in [-0.39, 0.29) is 5.56 Å². The van der Waals surface area contributed by atoms with Gasteiger partial charge < -0.3 is 0 Å². The first kappa shape index (κ1) is 19.1. The molecule has 0 bridgehead atoms. The quantitative estimate of drug-likeness (QED) is 0.248. The largest absolute Gasteiger partial charge is 0.289 e. The van der Waals surface area contributed by atoms with E-state index in [1.807, 2.05) is 35.8 Å². The molecule has 2 aromatic carbocycles. The van der Waals surface area contributed by atoms with Crippen molar-refractivity contribution in [3.05, 3.63) is 79.5 Å². The van der Waals surface area contributed by atoms with Gasteiger partial charge in [0.05, 0.1) is 0 Å². The predicted octanol–water partition coefficient (Wildman–Crippen LogP) is 5.42. The highest BCUT2D eigenvalue weighted by molar-refractivity contribution is 7.98.